The third-order valence-corrected chi connectivity index (χ3v) is 4.76. The van der Waals surface area contributed by atoms with Crippen molar-refractivity contribution >= 4 is 5.97 Å². The summed E-state index contributed by atoms with van der Waals surface area (Å²) in [5.74, 6) is 0.227. The molecular formula is C15H28N2O2. The third-order valence-electron chi connectivity index (χ3n) is 4.76. The van der Waals surface area contributed by atoms with Gasteiger partial charge in [0.2, 0.25) is 0 Å². The van der Waals surface area contributed by atoms with Crippen LogP contribution in [0.5, 0.6) is 0 Å². The average molecular weight is 268 g/mol. The van der Waals surface area contributed by atoms with E-state index in [1.165, 1.54) is 38.6 Å². The first kappa shape index (κ1) is 14.8. The molecular weight excluding hydrogens is 240 g/mol. The first-order valence-electron chi connectivity index (χ1n) is 7.90. The van der Waals surface area contributed by atoms with Crippen LogP contribution in [0, 0.1) is 5.92 Å². The Kier molecular flexibility index (Phi) is 5.64. The van der Waals surface area contributed by atoms with Crippen LogP contribution >= 0.6 is 0 Å². The van der Waals surface area contributed by atoms with Crippen molar-refractivity contribution in [2.45, 2.75) is 51.5 Å². The molecule has 0 aromatic rings. The van der Waals surface area contributed by atoms with Gasteiger partial charge in [0.25, 0.3) is 0 Å². The lowest BCUT2D eigenvalue weighted by Crippen LogP contribution is -2.53. The third kappa shape index (κ3) is 4.18. The van der Waals surface area contributed by atoms with Crippen LogP contribution in [0.3, 0.4) is 0 Å². The standard InChI is InChI=1S/C15H28N2O2/c1-2-14(15(18)19)17-10-8-16(9-11-17)12-13-6-4-3-5-7-13/h13-14H,2-12H2,1H3,(H,18,19). The topological polar surface area (TPSA) is 43.8 Å². The SMILES string of the molecule is CCC(C(=O)O)N1CCN(CC2CCCCC2)CC1. The Bertz CT molecular complexity index is 282. The molecule has 1 aliphatic carbocycles. The van der Waals surface area contributed by atoms with Gasteiger partial charge in [0.15, 0.2) is 0 Å². The molecule has 2 rings (SSSR count). The second-order valence-electron chi connectivity index (χ2n) is 6.10. The van der Waals surface area contributed by atoms with E-state index in [0.29, 0.717) is 6.42 Å². The van der Waals surface area contributed by atoms with Crippen molar-refractivity contribution in [3.63, 3.8) is 0 Å². The maximum atomic E-state index is 11.2. The summed E-state index contributed by atoms with van der Waals surface area (Å²) < 4.78 is 0. The summed E-state index contributed by atoms with van der Waals surface area (Å²) in [4.78, 5) is 15.9. The Hall–Kier alpha value is -0.610. The van der Waals surface area contributed by atoms with Crippen molar-refractivity contribution in [2.24, 2.45) is 5.92 Å². The molecule has 1 atom stereocenters. The van der Waals surface area contributed by atoms with Crippen LogP contribution in [0.1, 0.15) is 45.4 Å². The molecule has 1 saturated carbocycles. The van der Waals surface area contributed by atoms with Crippen LogP contribution < -0.4 is 0 Å². The maximum absolute atomic E-state index is 11.2. The second kappa shape index (κ2) is 7.25. The van der Waals surface area contributed by atoms with Gasteiger partial charge in [-0.05, 0) is 25.2 Å². The van der Waals surface area contributed by atoms with Gasteiger partial charge in [-0.1, -0.05) is 26.2 Å². The molecule has 4 nitrogen and oxygen atoms in total. The number of carboxylic acid groups (broad SMARTS) is 1. The lowest BCUT2D eigenvalue weighted by Gasteiger charge is -2.39. The summed E-state index contributed by atoms with van der Waals surface area (Å²) in [5.41, 5.74) is 0. The van der Waals surface area contributed by atoms with E-state index >= 15 is 0 Å². The zero-order valence-corrected chi connectivity index (χ0v) is 12.2. The molecule has 1 unspecified atom stereocenters. The summed E-state index contributed by atoms with van der Waals surface area (Å²) >= 11 is 0. The Balaban J connectivity index is 1.73. The molecule has 1 heterocycles. The maximum Gasteiger partial charge on any atom is 0.320 e. The zero-order valence-electron chi connectivity index (χ0n) is 12.2. The van der Waals surface area contributed by atoms with Gasteiger partial charge in [-0.15, -0.1) is 0 Å². The van der Waals surface area contributed by atoms with Crippen LogP contribution in [0.25, 0.3) is 0 Å². The van der Waals surface area contributed by atoms with Gasteiger partial charge in [0.1, 0.15) is 6.04 Å². The van der Waals surface area contributed by atoms with Gasteiger partial charge in [-0.3, -0.25) is 9.69 Å². The Morgan fingerprint density at radius 3 is 2.32 bits per heavy atom. The van der Waals surface area contributed by atoms with Crippen molar-refractivity contribution in [2.75, 3.05) is 32.7 Å². The fourth-order valence-corrected chi connectivity index (χ4v) is 3.58. The summed E-state index contributed by atoms with van der Waals surface area (Å²) in [6.45, 7) is 7.11. The molecule has 0 aromatic heterocycles. The molecule has 1 aliphatic heterocycles. The summed E-state index contributed by atoms with van der Waals surface area (Å²) in [6, 6.07) is -0.281. The molecule has 0 aromatic carbocycles. The van der Waals surface area contributed by atoms with E-state index in [2.05, 4.69) is 9.80 Å². The molecule has 2 fully saturated rings. The first-order valence-corrected chi connectivity index (χ1v) is 7.90. The molecule has 0 spiro atoms. The molecule has 1 saturated heterocycles. The van der Waals surface area contributed by atoms with Crippen LogP contribution in [0.4, 0.5) is 0 Å². The first-order chi connectivity index (χ1) is 9.20. The van der Waals surface area contributed by atoms with Crippen LogP contribution in [-0.2, 0) is 4.79 Å². The van der Waals surface area contributed by atoms with E-state index < -0.39 is 5.97 Å². The smallest absolute Gasteiger partial charge is 0.320 e. The highest BCUT2D eigenvalue weighted by molar-refractivity contribution is 5.73. The van der Waals surface area contributed by atoms with Crippen molar-refractivity contribution in [1.82, 2.24) is 9.80 Å². The highest BCUT2D eigenvalue weighted by atomic mass is 16.4. The van der Waals surface area contributed by atoms with Gasteiger partial charge in [-0.25, -0.2) is 0 Å². The van der Waals surface area contributed by atoms with E-state index in [-0.39, 0.29) is 6.04 Å². The number of carboxylic acids is 1. The minimum absolute atomic E-state index is 0.281. The number of hydrogen-bond acceptors (Lipinski definition) is 3. The number of nitrogens with zero attached hydrogens (tertiary/aromatic N) is 2. The molecule has 2 aliphatic rings. The normalized spacial score (nSPS) is 25.3. The van der Waals surface area contributed by atoms with Crippen molar-refractivity contribution in [1.29, 1.82) is 0 Å². The molecule has 19 heavy (non-hydrogen) atoms. The van der Waals surface area contributed by atoms with Crippen molar-refractivity contribution in [3.8, 4) is 0 Å². The zero-order chi connectivity index (χ0) is 13.7. The van der Waals surface area contributed by atoms with E-state index in [4.69, 9.17) is 0 Å². The Labute approximate surface area is 116 Å². The molecule has 110 valence electrons. The highest BCUT2D eigenvalue weighted by Crippen LogP contribution is 2.24. The van der Waals surface area contributed by atoms with Crippen LogP contribution in [0.15, 0.2) is 0 Å². The van der Waals surface area contributed by atoms with Crippen LogP contribution in [0.2, 0.25) is 0 Å². The van der Waals surface area contributed by atoms with E-state index in [9.17, 15) is 9.90 Å². The van der Waals surface area contributed by atoms with E-state index in [0.717, 1.165) is 32.1 Å². The van der Waals surface area contributed by atoms with Gasteiger partial charge >= 0.3 is 5.97 Å². The number of piperazine rings is 1. The minimum atomic E-state index is -0.664. The fraction of sp³-hybridized carbons (Fsp3) is 0.933. The summed E-state index contributed by atoms with van der Waals surface area (Å²) in [6.07, 6.45) is 7.72. The highest BCUT2D eigenvalue weighted by Gasteiger charge is 2.28. The fourth-order valence-electron chi connectivity index (χ4n) is 3.58. The van der Waals surface area contributed by atoms with Gasteiger partial charge in [-0.2, -0.15) is 0 Å². The molecule has 0 radical (unpaired) electrons. The molecule has 0 amide bonds. The van der Waals surface area contributed by atoms with Gasteiger partial charge in [0.05, 0.1) is 0 Å². The number of aliphatic carboxylic acids is 1. The second-order valence-corrected chi connectivity index (χ2v) is 6.10. The van der Waals surface area contributed by atoms with E-state index in [1.807, 2.05) is 6.92 Å². The number of carbonyl (C=O) groups is 1. The molecule has 4 heteroatoms. The number of hydrogen-bond donors (Lipinski definition) is 1. The lowest BCUT2D eigenvalue weighted by molar-refractivity contribution is -0.144. The van der Waals surface area contributed by atoms with Crippen LogP contribution in [-0.4, -0.2) is 59.6 Å². The number of rotatable bonds is 5. The van der Waals surface area contributed by atoms with Gasteiger partial charge in [0, 0.05) is 32.7 Å². The summed E-state index contributed by atoms with van der Waals surface area (Å²) in [5, 5.41) is 9.20. The van der Waals surface area contributed by atoms with Crippen molar-refractivity contribution in [3.05, 3.63) is 0 Å². The van der Waals surface area contributed by atoms with E-state index in [1.54, 1.807) is 0 Å². The average Bonchev–Trinajstić information content (AvgIpc) is 2.42. The minimum Gasteiger partial charge on any atom is -0.480 e. The predicted octanol–water partition coefficient (Wildman–Crippen LogP) is 2.05. The Morgan fingerprint density at radius 2 is 1.79 bits per heavy atom. The Morgan fingerprint density at radius 1 is 1.16 bits per heavy atom. The molecule has 1 N–H and O–H groups in total. The quantitative estimate of drug-likeness (QED) is 0.829. The monoisotopic (exact) mass is 268 g/mol. The van der Waals surface area contributed by atoms with Gasteiger partial charge < -0.3 is 10.0 Å². The lowest BCUT2D eigenvalue weighted by atomic mass is 9.89. The molecule has 0 bridgehead atoms. The predicted molar refractivity (Wildman–Crippen MR) is 76.3 cm³/mol. The summed E-state index contributed by atoms with van der Waals surface area (Å²) in [7, 11) is 0. The van der Waals surface area contributed by atoms with Crippen molar-refractivity contribution < 1.29 is 9.90 Å². The largest absolute Gasteiger partial charge is 0.480 e.